The van der Waals surface area contributed by atoms with E-state index >= 15 is 0 Å². The fourth-order valence-electron chi connectivity index (χ4n) is 4.36. The van der Waals surface area contributed by atoms with Crippen LogP contribution in [0.4, 0.5) is 0 Å². The molecule has 2 aliphatic rings. The lowest BCUT2D eigenvalue weighted by molar-refractivity contribution is -0.168. The minimum Gasteiger partial charge on any atom is -0.378 e. The molecule has 28 heavy (non-hydrogen) atoms. The topological polar surface area (TPSA) is 87.2 Å². The molecule has 7 nitrogen and oxygen atoms in total. The number of aromatic nitrogens is 3. The van der Waals surface area contributed by atoms with Gasteiger partial charge in [-0.25, -0.2) is 4.98 Å². The molecule has 0 aliphatic heterocycles. The van der Waals surface area contributed by atoms with Crippen LogP contribution in [-0.4, -0.2) is 46.9 Å². The average molecular weight is 496 g/mol. The van der Waals surface area contributed by atoms with Crippen LogP contribution in [0.15, 0.2) is 35.6 Å². The molecule has 1 heterocycles. The highest BCUT2D eigenvalue weighted by molar-refractivity contribution is 14.0. The van der Waals surface area contributed by atoms with Crippen molar-refractivity contribution in [1.29, 1.82) is 0 Å². The molecule has 2 aromatic rings. The van der Waals surface area contributed by atoms with E-state index in [-0.39, 0.29) is 24.0 Å². The lowest BCUT2D eigenvalue weighted by Crippen LogP contribution is -2.68. The number of halogens is 1. The second kappa shape index (κ2) is 9.21. The number of guanidine groups is 1. The van der Waals surface area contributed by atoms with Gasteiger partial charge in [0.25, 0.3) is 0 Å². The van der Waals surface area contributed by atoms with E-state index in [0.29, 0.717) is 24.1 Å². The summed E-state index contributed by atoms with van der Waals surface area (Å²) in [7, 11) is 1.83. The molecule has 1 aromatic carbocycles. The second-order valence-electron chi connectivity index (χ2n) is 7.42. The standard InChI is InChI=1S/C20H28N6O.HI/c1-3-27-17-11-16(20(17)8-5-9-20)25-19(21-2)22-12-14-6-4-7-15(10-14)18-23-13-24-26-18;/h4,6-7,10,13,16-17H,3,5,8-9,11-12H2,1-2H3,(H2,21,22,25)(H,23,24,26);1H. The Labute approximate surface area is 183 Å². The lowest BCUT2D eigenvalue weighted by Gasteiger charge is -2.61. The monoisotopic (exact) mass is 496 g/mol. The number of rotatable bonds is 6. The quantitative estimate of drug-likeness (QED) is 0.325. The van der Waals surface area contributed by atoms with Crippen molar-refractivity contribution in [3.63, 3.8) is 0 Å². The maximum Gasteiger partial charge on any atom is 0.191 e. The summed E-state index contributed by atoms with van der Waals surface area (Å²) in [5.74, 6) is 1.63. The Kier molecular flexibility index (Phi) is 6.92. The van der Waals surface area contributed by atoms with Crippen molar-refractivity contribution in [2.75, 3.05) is 13.7 Å². The third kappa shape index (κ3) is 4.03. The fraction of sp³-hybridized carbons (Fsp3) is 0.550. The number of H-pyrrole nitrogens is 1. The van der Waals surface area contributed by atoms with E-state index < -0.39 is 0 Å². The molecule has 2 atom stereocenters. The van der Waals surface area contributed by atoms with Crippen molar-refractivity contribution in [1.82, 2.24) is 25.8 Å². The number of aliphatic imine (C=N–C) groups is 1. The van der Waals surface area contributed by atoms with E-state index in [9.17, 15) is 0 Å². The van der Waals surface area contributed by atoms with Gasteiger partial charge in [-0.05, 0) is 37.8 Å². The summed E-state index contributed by atoms with van der Waals surface area (Å²) in [5, 5.41) is 13.9. The van der Waals surface area contributed by atoms with Crippen molar-refractivity contribution in [3.05, 3.63) is 36.2 Å². The number of ether oxygens (including phenoxy) is 1. The largest absolute Gasteiger partial charge is 0.378 e. The van der Waals surface area contributed by atoms with Crippen LogP contribution in [0.25, 0.3) is 11.4 Å². The molecule has 1 aromatic heterocycles. The van der Waals surface area contributed by atoms with Crippen LogP contribution in [-0.2, 0) is 11.3 Å². The van der Waals surface area contributed by atoms with E-state index in [4.69, 9.17) is 4.74 Å². The van der Waals surface area contributed by atoms with Crippen LogP contribution in [0.1, 0.15) is 38.2 Å². The zero-order valence-corrected chi connectivity index (χ0v) is 18.8. The molecule has 4 rings (SSSR count). The van der Waals surface area contributed by atoms with Gasteiger partial charge >= 0.3 is 0 Å². The normalized spacial score (nSPS) is 22.7. The predicted molar refractivity (Wildman–Crippen MR) is 121 cm³/mol. The first kappa shape index (κ1) is 21.0. The van der Waals surface area contributed by atoms with E-state index in [1.165, 1.54) is 31.2 Å². The Balaban J connectivity index is 0.00000225. The molecule has 0 amide bonds. The number of nitrogens with one attached hydrogen (secondary N) is 3. The Morgan fingerprint density at radius 3 is 2.89 bits per heavy atom. The lowest BCUT2D eigenvalue weighted by atomic mass is 9.51. The first-order valence-corrected chi connectivity index (χ1v) is 9.78. The molecule has 2 unspecified atom stereocenters. The minimum atomic E-state index is 0. The number of hydrogen-bond donors (Lipinski definition) is 3. The smallest absolute Gasteiger partial charge is 0.191 e. The molecule has 0 saturated heterocycles. The SMILES string of the molecule is CCOC1CC(NC(=NC)NCc2cccc(-c3ncn[nH]3)c2)C12CCC2.I. The van der Waals surface area contributed by atoms with Crippen molar-refractivity contribution in [2.45, 2.75) is 51.3 Å². The Morgan fingerprint density at radius 2 is 2.25 bits per heavy atom. The van der Waals surface area contributed by atoms with Crippen LogP contribution in [0.5, 0.6) is 0 Å². The van der Waals surface area contributed by atoms with E-state index in [0.717, 1.165) is 30.4 Å². The van der Waals surface area contributed by atoms with Crippen molar-refractivity contribution in [3.8, 4) is 11.4 Å². The van der Waals surface area contributed by atoms with E-state index in [1.807, 2.05) is 19.2 Å². The summed E-state index contributed by atoms with van der Waals surface area (Å²) in [5.41, 5.74) is 2.52. The van der Waals surface area contributed by atoms with Gasteiger partial charge < -0.3 is 15.4 Å². The summed E-state index contributed by atoms with van der Waals surface area (Å²) in [6, 6.07) is 8.73. The Hall–Kier alpha value is -1.68. The maximum absolute atomic E-state index is 5.94. The molecule has 8 heteroatoms. The molecule has 152 valence electrons. The number of nitrogens with zero attached hydrogens (tertiary/aromatic N) is 3. The molecule has 2 fully saturated rings. The summed E-state index contributed by atoms with van der Waals surface area (Å²) in [6.45, 7) is 3.59. The van der Waals surface area contributed by atoms with Gasteiger partial charge in [-0.3, -0.25) is 10.1 Å². The van der Waals surface area contributed by atoms with E-state index in [1.54, 1.807) is 0 Å². The zero-order chi connectivity index (χ0) is 18.7. The summed E-state index contributed by atoms with van der Waals surface area (Å²) < 4.78 is 5.94. The first-order valence-electron chi connectivity index (χ1n) is 9.78. The summed E-state index contributed by atoms with van der Waals surface area (Å²) >= 11 is 0. The van der Waals surface area contributed by atoms with Gasteiger partial charge in [-0.1, -0.05) is 24.6 Å². The van der Waals surface area contributed by atoms with Crippen LogP contribution < -0.4 is 10.6 Å². The van der Waals surface area contributed by atoms with Gasteiger partial charge in [0, 0.05) is 37.2 Å². The van der Waals surface area contributed by atoms with Crippen molar-refractivity contribution in [2.24, 2.45) is 10.4 Å². The van der Waals surface area contributed by atoms with Crippen LogP contribution in [0.3, 0.4) is 0 Å². The minimum absolute atomic E-state index is 0. The molecule has 2 aliphatic carbocycles. The highest BCUT2D eigenvalue weighted by Crippen LogP contribution is 2.57. The molecule has 3 N–H and O–H groups in total. The summed E-state index contributed by atoms with van der Waals surface area (Å²) in [6.07, 6.45) is 6.82. The van der Waals surface area contributed by atoms with Gasteiger partial charge in [-0.15, -0.1) is 24.0 Å². The van der Waals surface area contributed by atoms with Gasteiger partial charge in [-0.2, -0.15) is 5.10 Å². The second-order valence-corrected chi connectivity index (χ2v) is 7.42. The first-order chi connectivity index (χ1) is 13.2. The van der Waals surface area contributed by atoms with Crippen molar-refractivity contribution >= 4 is 29.9 Å². The van der Waals surface area contributed by atoms with Gasteiger partial charge in [0.15, 0.2) is 11.8 Å². The number of hydrogen-bond acceptors (Lipinski definition) is 4. The summed E-state index contributed by atoms with van der Waals surface area (Å²) in [4.78, 5) is 8.63. The number of benzene rings is 1. The van der Waals surface area contributed by atoms with Gasteiger partial charge in [0.1, 0.15) is 6.33 Å². The third-order valence-corrected chi connectivity index (χ3v) is 6.05. The molecule has 1 spiro atoms. The highest BCUT2D eigenvalue weighted by atomic mass is 127. The van der Waals surface area contributed by atoms with Crippen molar-refractivity contribution < 1.29 is 4.74 Å². The maximum atomic E-state index is 5.94. The molecule has 0 radical (unpaired) electrons. The van der Waals surface area contributed by atoms with Gasteiger partial charge in [0.05, 0.1) is 6.10 Å². The molecule has 0 bridgehead atoms. The highest BCUT2D eigenvalue weighted by Gasteiger charge is 2.59. The zero-order valence-electron chi connectivity index (χ0n) is 16.4. The Morgan fingerprint density at radius 1 is 1.39 bits per heavy atom. The molecular weight excluding hydrogens is 467 g/mol. The van der Waals surface area contributed by atoms with Crippen LogP contribution >= 0.6 is 24.0 Å². The van der Waals surface area contributed by atoms with Crippen LogP contribution in [0.2, 0.25) is 0 Å². The van der Waals surface area contributed by atoms with Crippen LogP contribution in [0, 0.1) is 5.41 Å². The third-order valence-electron chi connectivity index (χ3n) is 6.05. The molecule has 2 saturated carbocycles. The average Bonchev–Trinajstić information content (AvgIpc) is 3.17. The Bertz CT molecular complexity index is 790. The van der Waals surface area contributed by atoms with E-state index in [2.05, 4.69) is 49.9 Å². The fourth-order valence-corrected chi connectivity index (χ4v) is 4.36. The predicted octanol–water partition coefficient (Wildman–Crippen LogP) is 3.10. The number of aromatic amines is 1. The molecular formula is C20H29IN6O. The van der Waals surface area contributed by atoms with Gasteiger partial charge in [0.2, 0.25) is 0 Å².